The Kier molecular flexibility index (Phi) is 3.82. The molecule has 5 nitrogen and oxygen atoms in total. The molecule has 0 bridgehead atoms. The van der Waals surface area contributed by atoms with Gasteiger partial charge in [-0.05, 0) is 25.0 Å². The lowest BCUT2D eigenvalue weighted by molar-refractivity contribution is -0.136. The molecule has 0 amide bonds. The van der Waals surface area contributed by atoms with E-state index in [9.17, 15) is 13.2 Å². The average Bonchev–Trinajstić information content (AvgIpc) is 3.01. The van der Waals surface area contributed by atoms with Crippen LogP contribution in [0.15, 0.2) is 30.5 Å². The lowest BCUT2D eigenvalue weighted by Crippen LogP contribution is -2.21. The Bertz CT molecular complexity index is 653. The van der Waals surface area contributed by atoms with E-state index < -0.39 is 11.7 Å². The number of hydrogen-bond acceptors (Lipinski definition) is 5. The van der Waals surface area contributed by atoms with Gasteiger partial charge in [0.15, 0.2) is 5.82 Å². The van der Waals surface area contributed by atoms with Crippen LogP contribution in [0.4, 0.5) is 30.6 Å². The van der Waals surface area contributed by atoms with Crippen molar-refractivity contribution < 1.29 is 13.2 Å². The van der Waals surface area contributed by atoms with Crippen molar-refractivity contribution in [2.75, 3.05) is 23.3 Å². The third-order valence-corrected chi connectivity index (χ3v) is 3.43. The SMILES string of the molecule is FC(F)(F)c1ccccc1Nc1cnnc(N2CCCC2)n1. The van der Waals surface area contributed by atoms with Crippen molar-refractivity contribution in [3.05, 3.63) is 36.0 Å². The van der Waals surface area contributed by atoms with E-state index in [1.165, 1.54) is 24.4 Å². The first-order chi connectivity index (χ1) is 10.5. The second-order valence-electron chi connectivity index (χ2n) is 5.00. The Morgan fingerprint density at radius 3 is 2.55 bits per heavy atom. The molecule has 1 fully saturated rings. The highest BCUT2D eigenvalue weighted by atomic mass is 19.4. The summed E-state index contributed by atoms with van der Waals surface area (Å²) in [6, 6.07) is 5.27. The van der Waals surface area contributed by atoms with Gasteiger partial charge in [0.25, 0.3) is 0 Å². The number of alkyl halides is 3. The minimum Gasteiger partial charge on any atom is -0.339 e. The molecule has 1 N–H and O–H groups in total. The van der Waals surface area contributed by atoms with Gasteiger partial charge in [0, 0.05) is 13.1 Å². The van der Waals surface area contributed by atoms with E-state index in [0.29, 0.717) is 5.95 Å². The Hall–Kier alpha value is -2.38. The number of rotatable bonds is 3. The van der Waals surface area contributed by atoms with E-state index in [4.69, 9.17) is 0 Å². The maximum Gasteiger partial charge on any atom is 0.418 e. The average molecular weight is 309 g/mol. The highest BCUT2D eigenvalue weighted by molar-refractivity contribution is 5.61. The van der Waals surface area contributed by atoms with Gasteiger partial charge >= 0.3 is 6.18 Å². The van der Waals surface area contributed by atoms with Crippen LogP contribution in [0, 0.1) is 0 Å². The summed E-state index contributed by atoms with van der Waals surface area (Å²) < 4.78 is 38.9. The molecule has 22 heavy (non-hydrogen) atoms. The fourth-order valence-electron chi connectivity index (χ4n) is 2.38. The number of halogens is 3. The highest BCUT2D eigenvalue weighted by Gasteiger charge is 2.33. The molecule has 1 aromatic carbocycles. The van der Waals surface area contributed by atoms with Crippen molar-refractivity contribution in [1.82, 2.24) is 15.2 Å². The Morgan fingerprint density at radius 2 is 1.82 bits per heavy atom. The molecular weight excluding hydrogens is 295 g/mol. The third-order valence-electron chi connectivity index (χ3n) is 3.43. The molecule has 0 radical (unpaired) electrons. The zero-order valence-corrected chi connectivity index (χ0v) is 11.6. The molecule has 3 rings (SSSR count). The summed E-state index contributed by atoms with van der Waals surface area (Å²) in [5, 5.41) is 10.4. The first-order valence-corrected chi connectivity index (χ1v) is 6.92. The lowest BCUT2D eigenvalue weighted by atomic mass is 10.1. The number of nitrogens with one attached hydrogen (secondary N) is 1. The molecule has 8 heteroatoms. The van der Waals surface area contributed by atoms with Gasteiger partial charge in [0.1, 0.15) is 0 Å². The molecule has 2 heterocycles. The second kappa shape index (κ2) is 5.78. The molecule has 0 unspecified atom stereocenters. The number of hydrogen-bond donors (Lipinski definition) is 1. The van der Waals surface area contributed by atoms with E-state index >= 15 is 0 Å². The van der Waals surface area contributed by atoms with Gasteiger partial charge in [-0.3, -0.25) is 0 Å². The number of para-hydroxylation sites is 1. The molecule has 1 aliphatic rings. The first-order valence-electron chi connectivity index (χ1n) is 6.92. The summed E-state index contributed by atoms with van der Waals surface area (Å²) >= 11 is 0. The molecule has 1 aromatic heterocycles. The molecule has 1 aliphatic heterocycles. The third kappa shape index (κ3) is 3.10. The summed E-state index contributed by atoms with van der Waals surface area (Å²) in [5.41, 5.74) is -0.792. The number of nitrogens with zero attached hydrogens (tertiary/aromatic N) is 4. The second-order valence-corrected chi connectivity index (χ2v) is 5.00. The van der Waals surface area contributed by atoms with Crippen molar-refractivity contribution in [3.63, 3.8) is 0 Å². The van der Waals surface area contributed by atoms with Crippen LogP contribution in [0.1, 0.15) is 18.4 Å². The molecule has 0 saturated carbocycles. The summed E-state index contributed by atoms with van der Waals surface area (Å²) in [6.45, 7) is 1.68. The summed E-state index contributed by atoms with van der Waals surface area (Å²) in [6.07, 6.45) is -1.01. The molecule has 116 valence electrons. The standard InChI is InChI=1S/C14H14F3N5/c15-14(16,17)10-5-1-2-6-11(10)19-12-9-18-21-13(20-12)22-7-3-4-8-22/h1-2,5-6,9H,3-4,7-8H2,(H,19,20,21). The summed E-state index contributed by atoms with van der Waals surface area (Å²) in [4.78, 5) is 6.21. The minimum atomic E-state index is -4.43. The molecule has 0 spiro atoms. The van der Waals surface area contributed by atoms with Crippen LogP contribution in [0.25, 0.3) is 0 Å². The fourth-order valence-corrected chi connectivity index (χ4v) is 2.38. The predicted octanol–water partition coefficient (Wildman–Crippen LogP) is 3.23. The predicted molar refractivity (Wildman–Crippen MR) is 76.0 cm³/mol. The van der Waals surface area contributed by atoms with Crippen molar-refractivity contribution in [3.8, 4) is 0 Å². The quantitative estimate of drug-likeness (QED) is 0.943. The van der Waals surface area contributed by atoms with Crippen molar-refractivity contribution >= 4 is 17.5 Å². The molecular formula is C14H14F3N5. The summed E-state index contributed by atoms with van der Waals surface area (Å²) in [7, 11) is 0. The normalized spacial score (nSPS) is 15.1. The Morgan fingerprint density at radius 1 is 1.09 bits per heavy atom. The zero-order valence-electron chi connectivity index (χ0n) is 11.6. The monoisotopic (exact) mass is 309 g/mol. The van der Waals surface area contributed by atoms with E-state index in [-0.39, 0.29) is 11.5 Å². The Labute approximate surface area is 125 Å². The zero-order chi connectivity index (χ0) is 15.6. The number of anilines is 3. The van der Waals surface area contributed by atoms with E-state index in [2.05, 4.69) is 20.5 Å². The highest BCUT2D eigenvalue weighted by Crippen LogP contribution is 2.35. The van der Waals surface area contributed by atoms with Gasteiger partial charge in [-0.1, -0.05) is 12.1 Å². The lowest BCUT2D eigenvalue weighted by Gasteiger charge is -2.16. The van der Waals surface area contributed by atoms with Gasteiger partial charge in [-0.15, -0.1) is 5.10 Å². The maximum absolute atomic E-state index is 13.0. The molecule has 2 aromatic rings. The maximum atomic E-state index is 13.0. The van der Waals surface area contributed by atoms with Gasteiger partial charge in [0.2, 0.25) is 5.95 Å². The van der Waals surface area contributed by atoms with Gasteiger partial charge < -0.3 is 10.2 Å². The smallest absolute Gasteiger partial charge is 0.339 e. The van der Waals surface area contributed by atoms with E-state index in [1.54, 1.807) is 0 Å². The minimum absolute atomic E-state index is 0.0529. The topological polar surface area (TPSA) is 53.9 Å². The number of benzene rings is 1. The van der Waals surface area contributed by atoms with Crippen molar-refractivity contribution in [1.29, 1.82) is 0 Å². The van der Waals surface area contributed by atoms with Crippen LogP contribution in [0.3, 0.4) is 0 Å². The van der Waals surface area contributed by atoms with Crippen LogP contribution in [-0.4, -0.2) is 28.3 Å². The molecule has 0 atom stereocenters. The first kappa shape index (κ1) is 14.6. The van der Waals surface area contributed by atoms with Crippen molar-refractivity contribution in [2.24, 2.45) is 0 Å². The van der Waals surface area contributed by atoms with Gasteiger partial charge in [-0.25, -0.2) is 0 Å². The van der Waals surface area contributed by atoms with Crippen LogP contribution in [-0.2, 0) is 6.18 Å². The van der Waals surface area contributed by atoms with Gasteiger partial charge in [-0.2, -0.15) is 23.3 Å². The van der Waals surface area contributed by atoms with Gasteiger partial charge in [0.05, 0.1) is 17.4 Å². The van der Waals surface area contributed by atoms with Crippen molar-refractivity contribution in [2.45, 2.75) is 19.0 Å². The van der Waals surface area contributed by atoms with Crippen LogP contribution < -0.4 is 10.2 Å². The fraction of sp³-hybridized carbons (Fsp3) is 0.357. The largest absolute Gasteiger partial charge is 0.418 e. The molecule has 0 aliphatic carbocycles. The molecule has 1 saturated heterocycles. The van der Waals surface area contributed by atoms with Crippen LogP contribution in [0.5, 0.6) is 0 Å². The number of aromatic nitrogens is 3. The van der Waals surface area contributed by atoms with E-state index in [0.717, 1.165) is 32.0 Å². The summed E-state index contributed by atoms with van der Waals surface area (Å²) in [5.74, 6) is 0.681. The Balaban J connectivity index is 1.86. The van der Waals surface area contributed by atoms with Crippen LogP contribution in [0.2, 0.25) is 0 Å². The van der Waals surface area contributed by atoms with E-state index in [1.807, 2.05) is 4.90 Å². The van der Waals surface area contributed by atoms with Crippen LogP contribution >= 0.6 is 0 Å².